The van der Waals surface area contributed by atoms with Crippen LogP contribution in [0.15, 0.2) is 12.1 Å². The highest BCUT2D eigenvalue weighted by Gasteiger charge is 2.06. The molecule has 1 rings (SSSR count). The first kappa shape index (κ1) is 14.3. The van der Waals surface area contributed by atoms with Gasteiger partial charge in [0.1, 0.15) is 3.70 Å². The molecule has 6 heteroatoms. The van der Waals surface area contributed by atoms with Crippen LogP contribution in [0.5, 0.6) is 0 Å². The van der Waals surface area contributed by atoms with E-state index in [1.54, 1.807) is 12.1 Å². The van der Waals surface area contributed by atoms with Crippen LogP contribution in [0.25, 0.3) is 0 Å². The Bertz CT molecular complexity index is 353. The highest BCUT2D eigenvalue weighted by atomic mass is 123. The molecule has 17 heavy (non-hydrogen) atoms. The first-order chi connectivity index (χ1) is 8.09. The fourth-order valence-electron chi connectivity index (χ4n) is 1.28. The van der Waals surface area contributed by atoms with Crippen molar-refractivity contribution in [2.45, 2.75) is 12.8 Å². The van der Waals surface area contributed by atoms with Gasteiger partial charge < -0.3 is 10.2 Å². The summed E-state index contributed by atoms with van der Waals surface area (Å²) in [5.74, 6) is -0.154. The summed E-state index contributed by atoms with van der Waals surface area (Å²) < 4.78 is 0.783. The Morgan fingerprint density at radius 3 is 2.71 bits per heavy atom. The van der Waals surface area contributed by atoms with E-state index in [0.717, 1.165) is 23.1 Å². The Labute approximate surface area is 115 Å². The number of nitrogens with one attached hydrogen (secondary N) is 1. The van der Waals surface area contributed by atoms with E-state index in [1.807, 2.05) is 14.1 Å². The molecule has 1 aromatic heterocycles. The number of amides is 1. The van der Waals surface area contributed by atoms with E-state index in [-0.39, 0.29) is 5.91 Å². The Kier molecular flexibility index (Phi) is 6.35. The zero-order valence-corrected chi connectivity index (χ0v) is 12.3. The molecule has 0 aliphatic heterocycles. The minimum absolute atomic E-state index is 0.154. The standard InChI is InChI=1S/C11H17IN4O/c1-16(2)8-4-3-7-13-11(17)9-5-6-10(12)15-14-9/h5-6H,3-4,7-8H2,1-2H3,(H,13,17)/i12-4. The number of halogens is 1. The number of carbonyl (C=O) groups excluding carboxylic acids is 1. The molecule has 94 valence electrons. The van der Waals surface area contributed by atoms with Crippen LogP contribution in [0, 0.1) is 3.70 Å². The van der Waals surface area contributed by atoms with E-state index in [0.29, 0.717) is 12.2 Å². The van der Waals surface area contributed by atoms with Gasteiger partial charge in [-0.2, -0.15) is 0 Å². The van der Waals surface area contributed by atoms with E-state index in [1.165, 1.54) is 0 Å². The van der Waals surface area contributed by atoms with Crippen molar-refractivity contribution in [1.29, 1.82) is 0 Å². The second kappa shape index (κ2) is 7.54. The summed E-state index contributed by atoms with van der Waals surface area (Å²) in [5.41, 5.74) is 0.373. The first-order valence-electron chi connectivity index (χ1n) is 5.52. The smallest absolute Gasteiger partial charge is 0.271 e. The summed E-state index contributed by atoms with van der Waals surface area (Å²) in [6.07, 6.45) is 2.05. The Morgan fingerprint density at radius 1 is 1.35 bits per heavy atom. The second-order valence-electron chi connectivity index (χ2n) is 4.01. The predicted octanol–water partition coefficient (Wildman–Crippen LogP) is 1.15. The summed E-state index contributed by atoms with van der Waals surface area (Å²) in [4.78, 5) is 13.8. The predicted molar refractivity (Wildman–Crippen MR) is 74.9 cm³/mol. The van der Waals surface area contributed by atoms with Crippen LogP contribution in [0.3, 0.4) is 0 Å². The minimum Gasteiger partial charge on any atom is -0.351 e. The summed E-state index contributed by atoms with van der Waals surface area (Å²) in [5, 5.41) is 10.5. The lowest BCUT2D eigenvalue weighted by molar-refractivity contribution is 0.0946. The number of rotatable bonds is 6. The fraction of sp³-hybridized carbons (Fsp3) is 0.545. The van der Waals surface area contributed by atoms with Gasteiger partial charge in [0.15, 0.2) is 5.69 Å². The highest BCUT2D eigenvalue weighted by molar-refractivity contribution is 14.1. The molecule has 1 N–H and O–H groups in total. The quantitative estimate of drug-likeness (QED) is 0.621. The number of unbranched alkanes of at least 4 members (excludes halogenated alkanes) is 1. The third-order valence-corrected chi connectivity index (χ3v) is 2.76. The van der Waals surface area contributed by atoms with Gasteiger partial charge in [-0.1, -0.05) is 0 Å². The van der Waals surface area contributed by atoms with Gasteiger partial charge in [0.05, 0.1) is 0 Å². The highest BCUT2D eigenvalue weighted by Crippen LogP contribution is 1.99. The normalized spacial score (nSPS) is 10.6. The molecule has 0 aliphatic rings. The largest absolute Gasteiger partial charge is 0.351 e. The lowest BCUT2D eigenvalue weighted by atomic mass is 10.3. The number of hydrogen-bond acceptors (Lipinski definition) is 4. The van der Waals surface area contributed by atoms with Crippen LogP contribution in [-0.4, -0.2) is 48.2 Å². The maximum absolute atomic E-state index is 11.6. The van der Waals surface area contributed by atoms with Crippen molar-refractivity contribution < 1.29 is 4.79 Å². The fourth-order valence-corrected chi connectivity index (χ4v) is 1.57. The Morgan fingerprint density at radius 2 is 2.12 bits per heavy atom. The number of aromatic nitrogens is 2. The van der Waals surface area contributed by atoms with E-state index in [9.17, 15) is 4.79 Å². The average molecular weight is 344 g/mol. The van der Waals surface area contributed by atoms with Crippen molar-refractivity contribution >= 4 is 28.5 Å². The molecular weight excluding hydrogens is 327 g/mol. The molecule has 0 spiro atoms. The van der Waals surface area contributed by atoms with Crippen molar-refractivity contribution in [1.82, 2.24) is 20.4 Å². The van der Waals surface area contributed by atoms with Crippen molar-refractivity contribution in [3.63, 3.8) is 0 Å². The van der Waals surface area contributed by atoms with Crippen LogP contribution >= 0.6 is 22.6 Å². The average Bonchev–Trinajstić information content (AvgIpc) is 2.29. The Balaban J connectivity index is 2.23. The summed E-state index contributed by atoms with van der Waals surface area (Å²) in [6, 6.07) is 3.46. The van der Waals surface area contributed by atoms with Crippen LogP contribution in [0.2, 0.25) is 0 Å². The van der Waals surface area contributed by atoms with Gasteiger partial charge in [0.2, 0.25) is 0 Å². The molecule has 5 nitrogen and oxygen atoms in total. The molecule has 1 heterocycles. The molecule has 0 bridgehead atoms. The van der Waals surface area contributed by atoms with Crippen LogP contribution in [0.4, 0.5) is 0 Å². The molecule has 0 radical (unpaired) electrons. The zero-order valence-electron chi connectivity index (χ0n) is 10.1. The SMILES string of the molecule is CN(C)CCCCNC(=O)c1ccc([123I])nn1. The Hall–Kier alpha value is -0.760. The molecule has 0 fully saturated rings. The lowest BCUT2D eigenvalue weighted by Crippen LogP contribution is -2.26. The molecule has 0 atom stereocenters. The van der Waals surface area contributed by atoms with Gasteiger partial charge in [-0.25, -0.2) is 0 Å². The van der Waals surface area contributed by atoms with Gasteiger partial charge >= 0.3 is 0 Å². The zero-order chi connectivity index (χ0) is 12.7. The van der Waals surface area contributed by atoms with E-state index >= 15 is 0 Å². The van der Waals surface area contributed by atoms with Crippen LogP contribution < -0.4 is 5.32 Å². The first-order valence-corrected chi connectivity index (χ1v) is 6.59. The molecular formula is C11H17IN4O. The van der Waals surface area contributed by atoms with Gasteiger partial charge in [-0.3, -0.25) is 4.79 Å². The molecule has 0 unspecified atom stereocenters. The van der Waals surface area contributed by atoms with Crippen LogP contribution in [-0.2, 0) is 0 Å². The van der Waals surface area contributed by atoms with Crippen molar-refractivity contribution in [2.24, 2.45) is 0 Å². The maximum atomic E-state index is 11.6. The number of nitrogens with zero attached hydrogens (tertiary/aromatic N) is 3. The monoisotopic (exact) mass is 344 g/mol. The van der Waals surface area contributed by atoms with Crippen molar-refractivity contribution in [2.75, 3.05) is 27.2 Å². The topological polar surface area (TPSA) is 58.1 Å². The van der Waals surface area contributed by atoms with E-state index in [4.69, 9.17) is 0 Å². The minimum atomic E-state index is -0.154. The molecule has 0 aliphatic carbocycles. The van der Waals surface area contributed by atoms with Crippen molar-refractivity contribution in [3.05, 3.63) is 21.5 Å². The van der Waals surface area contributed by atoms with Crippen LogP contribution in [0.1, 0.15) is 23.3 Å². The molecule has 1 amide bonds. The lowest BCUT2D eigenvalue weighted by Gasteiger charge is -2.09. The molecule has 1 aromatic rings. The molecule has 0 aromatic carbocycles. The third kappa shape index (κ3) is 5.92. The molecule has 0 saturated heterocycles. The van der Waals surface area contributed by atoms with Crippen molar-refractivity contribution in [3.8, 4) is 0 Å². The maximum Gasteiger partial charge on any atom is 0.271 e. The summed E-state index contributed by atoms with van der Waals surface area (Å²) in [7, 11) is 4.08. The van der Waals surface area contributed by atoms with Gasteiger partial charge in [-0.05, 0) is 68.2 Å². The van der Waals surface area contributed by atoms with Gasteiger partial charge in [-0.15, -0.1) is 10.2 Å². The number of hydrogen-bond donors (Lipinski definition) is 1. The second-order valence-corrected chi connectivity index (χ2v) is 5.11. The third-order valence-electron chi connectivity index (χ3n) is 2.18. The van der Waals surface area contributed by atoms with Gasteiger partial charge in [0, 0.05) is 6.54 Å². The summed E-state index contributed by atoms with van der Waals surface area (Å²) >= 11 is 2.06. The van der Waals surface area contributed by atoms with E-state index in [2.05, 4.69) is 43.0 Å². The van der Waals surface area contributed by atoms with Gasteiger partial charge in [0.25, 0.3) is 5.91 Å². The number of carbonyl (C=O) groups is 1. The van der Waals surface area contributed by atoms with E-state index < -0.39 is 0 Å². The summed E-state index contributed by atoms with van der Waals surface area (Å²) in [6.45, 7) is 1.72. The molecule has 0 saturated carbocycles.